The molecule has 0 amide bonds. The number of benzene rings is 2. The van der Waals surface area contributed by atoms with E-state index >= 15 is 0 Å². The first-order chi connectivity index (χ1) is 9.40. The van der Waals surface area contributed by atoms with Gasteiger partial charge in [0.15, 0.2) is 6.29 Å². The van der Waals surface area contributed by atoms with Crippen molar-refractivity contribution >= 4 is 0 Å². The number of methoxy groups -OCH3 is 1. The molecule has 1 aliphatic rings. The van der Waals surface area contributed by atoms with Crippen LogP contribution in [0.2, 0.25) is 0 Å². The number of hydrogen-bond acceptors (Lipinski definition) is 3. The van der Waals surface area contributed by atoms with Crippen molar-refractivity contribution in [2.24, 2.45) is 0 Å². The second-order valence-corrected chi connectivity index (χ2v) is 4.36. The van der Waals surface area contributed by atoms with Crippen LogP contribution in [-0.2, 0) is 9.47 Å². The first kappa shape index (κ1) is 12.2. The Kier molecular flexibility index (Phi) is 3.49. The van der Waals surface area contributed by atoms with Crippen LogP contribution in [0.4, 0.5) is 0 Å². The molecular formula is C16H16O3. The normalized spacial score (nSPS) is 15.6. The van der Waals surface area contributed by atoms with Crippen LogP contribution in [0.3, 0.4) is 0 Å². The van der Waals surface area contributed by atoms with E-state index < -0.39 is 0 Å². The molecule has 1 heterocycles. The van der Waals surface area contributed by atoms with E-state index in [0.29, 0.717) is 13.2 Å². The summed E-state index contributed by atoms with van der Waals surface area (Å²) in [6, 6.07) is 16.1. The molecule has 19 heavy (non-hydrogen) atoms. The number of hydrogen-bond donors (Lipinski definition) is 0. The van der Waals surface area contributed by atoms with Crippen molar-refractivity contribution < 1.29 is 14.2 Å². The van der Waals surface area contributed by atoms with Gasteiger partial charge in [-0.1, -0.05) is 42.5 Å². The highest BCUT2D eigenvalue weighted by Crippen LogP contribution is 2.36. The molecule has 3 heteroatoms. The molecule has 98 valence electrons. The topological polar surface area (TPSA) is 27.7 Å². The third-order valence-electron chi connectivity index (χ3n) is 3.23. The molecule has 0 aromatic heterocycles. The summed E-state index contributed by atoms with van der Waals surface area (Å²) in [5.74, 6) is 0.855. The molecule has 0 saturated carbocycles. The molecule has 0 aliphatic carbocycles. The Hall–Kier alpha value is -1.84. The summed E-state index contributed by atoms with van der Waals surface area (Å²) in [5, 5.41) is 0. The third-order valence-corrected chi connectivity index (χ3v) is 3.23. The van der Waals surface area contributed by atoms with E-state index in [0.717, 1.165) is 22.4 Å². The molecule has 1 saturated heterocycles. The third kappa shape index (κ3) is 2.35. The van der Waals surface area contributed by atoms with Crippen LogP contribution in [0.15, 0.2) is 48.5 Å². The van der Waals surface area contributed by atoms with E-state index in [1.165, 1.54) is 0 Å². The fourth-order valence-electron chi connectivity index (χ4n) is 2.35. The van der Waals surface area contributed by atoms with Crippen molar-refractivity contribution in [3.8, 4) is 16.9 Å². The van der Waals surface area contributed by atoms with Crippen molar-refractivity contribution in [3.63, 3.8) is 0 Å². The Morgan fingerprint density at radius 1 is 0.895 bits per heavy atom. The van der Waals surface area contributed by atoms with Gasteiger partial charge in [0.25, 0.3) is 0 Å². The van der Waals surface area contributed by atoms with Crippen LogP contribution in [0.1, 0.15) is 11.9 Å². The van der Waals surface area contributed by atoms with Crippen molar-refractivity contribution in [3.05, 3.63) is 54.1 Å². The minimum atomic E-state index is -0.277. The summed E-state index contributed by atoms with van der Waals surface area (Å²) in [6.45, 7) is 1.29. The van der Waals surface area contributed by atoms with Crippen LogP contribution in [0.5, 0.6) is 5.75 Å². The molecule has 1 aliphatic heterocycles. The lowest BCUT2D eigenvalue weighted by Gasteiger charge is -2.16. The highest BCUT2D eigenvalue weighted by atomic mass is 16.7. The molecular weight excluding hydrogens is 240 g/mol. The summed E-state index contributed by atoms with van der Waals surface area (Å²) >= 11 is 0. The Balaban J connectivity index is 2.09. The summed E-state index contributed by atoms with van der Waals surface area (Å²) in [7, 11) is 1.68. The Labute approximate surface area is 112 Å². The van der Waals surface area contributed by atoms with Crippen LogP contribution in [0.25, 0.3) is 11.1 Å². The van der Waals surface area contributed by atoms with Gasteiger partial charge in [-0.15, -0.1) is 0 Å². The van der Waals surface area contributed by atoms with Gasteiger partial charge in [-0.2, -0.15) is 0 Å². The van der Waals surface area contributed by atoms with Gasteiger partial charge < -0.3 is 14.2 Å². The SMILES string of the molecule is COc1ccccc1-c1ccccc1C1OCCO1. The lowest BCUT2D eigenvalue weighted by Crippen LogP contribution is -2.01. The molecule has 0 atom stereocenters. The lowest BCUT2D eigenvalue weighted by molar-refractivity contribution is -0.0436. The first-order valence-corrected chi connectivity index (χ1v) is 6.35. The second kappa shape index (κ2) is 5.43. The van der Waals surface area contributed by atoms with Gasteiger partial charge in [-0.05, 0) is 11.6 Å². The van der Waals surface area contributed by atoms with Crippen molar-refractivity contribution in [1.29, 1.82) is 0 Å². The highest BCUT2D eigenvalue weighted by molar-refractivity contribution is 5.73. The van der Waals surface area contributed by atoms with Gasteiger partial charge in [-0.25, -0.2) is 0 Å². The summed E-state index contributed by atoms with van der Waals surface area (Å²) in [4.78, 5) is 0. The van der Waals surface area contributed by atoms with Gasteiger partial charge in [0.2, 0.25) is 0 Å². The quantitative estimate of drug-likeness (QED) is 0.842. The first-order valence-electron chi connectivity index (χ1n) is 6.35. The van der Waals surface area contributed by atoms with Gasteiger partial charge in [0, 0.05) is 11.1 Å². The van der Waals surface area contributed by atoms with Gasteiger partial charge >= 0.3 is 0 Å². The Morgan fingerprint density at radius 3 is 2.26 bits per heavy atom. The van der Waals surface area contributed by atoms with Crippen molar-refractivity contribution in [1.82, 2.24) is 0 Å². The molecule has 0 N–H and O–H groups in total. The standard InChI is InChI=1S/C16H16O3/c1-17-15-9-5-4-7-13(15)12-6-2-3-8-14(12)16-18-10-11-19-16/h2-9,16H,10-11H2,1H3. The van der Waals surface area contributed by atoms with Crippen LogP contribution in [0, 0.1) is 0 Å². The maximum absolute atomic E-state index is 5.61. The summed E-state index contributed by atoms with van der Waals surface area (Å²) < 4.78 is 16.7. The molecule has 0 unspecified atom stereocenters. The zero-order valence-corrected chi connectivity index (χ0v) is 10.8. The van der Waals surface area contributed by atoms with Crippen LogP contribution in [-0.4, -0.2) is 20.3 Å². The van der Waals surface area contributed by atoms with E-state index in [9.17, 15) is 0 Å². The zero-order chi connectivity index (χ0) is 13.1. The van der Waals surface area contributed by atoms with Gasteiger partial charge in [0.1, 0.15) is 5.75 Å². The molecule has 0 bridgehead atoms. The maximum Gasteiger partial charge on any atom is 0.184 e. The van der Waals surface area contributed by atoms with E-state index in [2.05, 4.69) is 6.07 Å². The monoisotopic (exact) mass is 256 g/mol. The summed E-state index contributed by atoms with van der Waals surface area (Å²) in [6.07, 6.45) is -0.277. The van der Waals surface area contributed by atoms with E-state index in [-0.39, 0.29) is 6.29 Å². The average Bonchev–Trinajstić information content (AvgIpc) is 3.01. The van der Waals surface area contributed by atoms with Crippen molar-refractivity contribution in [2.75, 3.05) is 20.3 Å². The summed E-state index contributed by atoms with van der Waals surface area (Å²) in [5.41, 5.74) is 3.19. The highest BCUT2D eigenvalue weighted by Gasteiger charge is 2.22. The van der Waals surface area contributed by atoms with Crippen molar-refractivity contribution in [2.45, 2.75) is 6.29 Å². The minimum Gasteiger partial charge on any atom is -0.496 e. The number of rotatable bonds is 3. The second-order valence-electron chi connectivity index (χ2n) is 4.36. The molecule has 0 radical (unpaired) electrons. The largest absolute Gasteiger partial charge is 0.496 e. The number of ether oxygens (including phenoxy) is 3. The Morgan fingerprint density at radius 2 is 1.53 bits per heavy atom. The molecule has 2 aromatic carbocycles. The van der Waals surface area contributed by atoms with Gasteiger partial charge in [-0.3, -0.25) is 0 Å². The fourth-order valence-corrected chi connectivity index (χ4v) is 2.35. The smallest absolute Gasteiger partial charge is 0.184 e. The predicted octanol–water partition coefficient (Wildman–Crippen LogP) is 3.41. The minimum absolute atomic E-state index is 0.277. The van der Waals surface area contributed by atoms with E-state index in [1.807, 2.05) is 42.5 Å². The van der Waals surface area contributed by atoms with Gasteiger partial charge in [0.05, 0.1) is 20.3 Å². The maximum atomic E-state index is 5.61. The molecule has 2 aromatic rings. The van der Waals surface area contributed by atoms with E-state index in [1.54, 1.807) is 7.11 Å². The lowest BCUT2D eigenvalue weighted by atomic mass is 9.98. The van der Waals surface area contributed by atoms with Crippen LogP contribution < -0.4 is 4.74 Å². The van der Waals surface area contributed by atoms with Crippen LogP contribution >= 0.6 is 0 Å². The zero-order valence-electron chi connectivity index (χ0n) is 10.8. The predicted molar refractivity (Wildman–Crippen MR) is 73.1 cm³/mol. The molecule has 3 nitrogen and oxygen atoms in total. The number of para-hydroxylation sites is 1. The molecule has 0 spiro atoms. The average molecular weight is 256 g/mol. The molecule has 1 fully saturated rings. The van der Waals surface area contributed by atoms with E-state index in [4.69, 9.17) is 14.2 Å². The Bertz CT molecular complexity index is 559. The molecule has 3 rings (SSSR count). The fraction of sp³-hybridized carbons (Fsp3) is 0.250.